The number of rotatable bonds is 4. The largest absolute Gasteiger partial charge is 0.306 e. The van der Waals surface area contributed by atoms with Gasteiger partial charge in [-0.2, -0.15) is 10.2 Å². The van der Waals surface area contributed by atoms with Crippen LogP contribution in [0.1, 0.15) is 0 Å². The summed E-state index contributed by atoms with van der Waals surface area (Å²) in [4.78, 5) is 11.5. The van der Waals surface area contributed by atoms with Crippen LogP contribution in [0.25, 0.3) is 0 Å². The van der Waals surface area contributed by atoms with Gasteiger partial charge in [-0.05, 0) is 6.07 Å². The number of anilines is 1. The van der Waals surface area contributed by atoms with Crippen molar-refractivity contribution in [2.45, 2.75) is 11.4 Å². The second-order valence-corrected chi connectivity index (χ2v) is 5.34. The molecule has 19 heavy (non-hydrogen) atoms. The molecule has 0 saturated carbocycles. The Bertz CT molecular complexity index is 688. The van der Waals surface area contributed by atoms with Crippen LogP contribution in [0.4, 0.5) is 5.82 Å². The Morgan fingerprint density at radius 1 is 1.53 bits per heavy atom. The highest BCUT2D eigenvalue weighted by Crippen LogP contribution is 2.17. The molecule has 0 saturated heterocycles. The van der Waals surface area contributed by atoms with Crippen molar-refractivity contribution >= 4 is 21.7 Å². The van der Waals surface area contributed by atoms with Crippen molar-refractivity contribution in [3.05, 3.63) is 24.7 Å². The van der Waals surface area contributed by atoms with E-state index in [9.17, 15) is 13.2 Å². The van der Waals surface area contributed by atoms with E-state index < -0.39 is 15.9 Å². The smallest absolute Gasteiger partial charge is 0.247 e. The van der Waals surface area contributed by atoms with Crippen molar-refractivity contribution in [2.24, 2.45) is 12.2 Å². The van der Waals surface area contributed by atoms with Crippen molar-refractivity contribution in [2.75, 3.05) is 5.32 Å². The SMILES string of the molecule is Cn1cc(S(N)(=O)=O)c(NC(=O)Cn2cccn2)n1. The first-order chi connectivity index (χ1) is 8.86. The van der Waals surface area contributed by atoms with E-state index in [0.29, 0.717) is 0 Å². The average molecular weight is 284 g/mol. The summed E-state index contributed by atoms with van der Waals surface area (Å²) in [6.07, 6.45) is 4.36. The summed E-state index contributed by atoms with van der Waals surface area (Å²) in [5.74, 6) is -0.547. The Hall–Kier alpha value is -2.20. The second-order valence-electron chi connectivity index (χ2n) is 3.81. The normalized spacial score (nSPS) is 11.5. The molecular formula is C9H12N6O3S. The third kappa shape index (κ3) is 3.17. The van der Waals surface area contributed by atoms with Crippen molar-refractivity contribution in [1.29, 1.82) is 0 Å². The Balaban J connectivity index is 2.17. The molecule has 2 aromatic heterocycles. The van der Waals surface area contributed by atoms with Gasteiger partial charge in [0.15, 0.2) is 5.82 Å². The standard InChI is InChI=1S/C9H12N6O3S/c1-14-5-7(19(10,17)18)9(13-14)12-8(16)6-15-4-2-3-11-15/h2-5H,6H2,1H3,(H2,10,17,18)(H,12,13,16). The van der Waals surface area contributed by atoms with Crippen molar-refractivity contribution in [3.63, 3.8) is 0 Å². The van der Waals surface area contributed by atoms with Crippen LogP contribution < -0.4 is 10.5 Å². The molecule has 0 aliphatic carbocycles. The number of aryl methyl sites for hydroxylation is 1. The van der Waals surface area contributed by atoms with Crippen LogP contribution >= 0.6 is 0 Å². The van der Waals surface area contributed by atoms with E-state index >= 15 is 0 Å². The van der Waals surface area contributed by atoms with Crippen LogP contribution in [0.2, 0.25) is 0 Å². The van der Waals surface area contributed by atoms with E-state index in [-0.39, 0.29) is 17.3 Å². The van der Waals surface area contributed by atoms with E-state index in [1.54, 1.807) is 12.3 Å². The fourth-order valence-electron chi connectivity index (χ4n) is 1.47. The molecule has 9 nitrogen and oxygen atoms in total. The zero-order valence-electron chi connectivity index (χ0n) is 10.0. The van der Waals surface area contributed by atoms with Gasteiger partial charge in [0.05, 0.1) is 0 Å². The lowest BCUT2D eigenvalue weighted by Crippen LogP contribution is -2.21. The van der Waals surface area contributed by atoms with E-state index in [2.05, 4.69) is 15.5 Å². The summed E-state index contributed by atoms with van der Waals surface area (Å²) in [5.41, 5.74) is 0. The number of hydrogen-bond donors (Lipinski definition) is 2. The number of nitrogens with one attached hydrogen (secondary N) is 1. The van der Waals surface area contributed by atoms with Gasteiger partial charge in [0.25, 0.3) is 0 Å². The van der Waals surface area contributed by atoms with Gasteiger partial charge in [0.2, 0.25) is 15.9 Å². The van der Waals surface area contributed by atoms with Gasteiger partial charge < -0.3 is 5.32 Å². The van der Waals surface area contributed by atoms with Gasteiger partial charge in [-0.15, -0.1) is 0 Å². The Morgan fingerprint density at radius 3 is 2.84 bits per heavy atom. The van der Waals surface area contributed by atoms with E-state index in [1.807, 2.05) is 0 Å². The fraction of sp³-hybridized carbons (Fsp3) is 0.222. The highest BCUT2D eigenvalue weighted by Gasteiger charge is 2.19. The summed E-state index contributed by atoms with van der Waals surface area (Å²) in [7, 11) is -2.42. The van der Waals surface area contributed by atoms with Crippen LogP contribution in [-0.2, 0) is 28.4 Å². The predicted molar refractivity (Wildman–Crippen MR) is 65.4 cm³/mol. The number of hydrogen-bond acceptors (Lipinski definition) is 5. The molecule has 0 bridgehead atoms. The number of primary sulfonamides is 1. The Kier molecular flexibility index (Phi) is 3.36. The van der Waals surface area contributed by atoms with Gasteiger partial charge in [0, 0.05) is 25.6 Å². The van der Waals surface area contributed by atoms with Crippen LogP contribution in [0.5, 0.6) is 0 Å². The topological polar surface area (TPSA) is 125 Å². The molecule has 2 rings (SSSR count). The number of carbonyl (C=O) groups excluding carboxylic acids is 1. The number of sulfonamides is 1. The molecule has 0 aliphatic heterocycles. The maximum Gasteiger partial charge on any atom is 0.247 e. The van der Waals surface area contributed by atoms with Gasteiger partial charge >= 0.3 is 0 Å². The first-order valence-electron chi connectivity index (χ1n) is 5.20. The molecule has 2 heterocycles. The van der Waals surface area contributed by atoms with E-state index in [0.717, 1.165) is 0 Å². The summed E-state index contributed by atoms with van der Waals surface area (Å²) in [6.45, 7) is -0.0480. The monoisotopic (exact) mass is 284 g/mol. The first-order valence-corrected chi connectivity index (χ1v) is 6.74. The molecule has 10 heteroatoms. The molecule has 0 fully saturated rings. The number of nitrogens with zero attached hydrogens (tertiary/aromatic N) is 4. The lowest BCUT2D eigenvalue weighted by atomic mass is 10.5. The minimum atomic E-state index is -3.94. The molecular weight excluding hydrogens is 272 g/mol. The summed E-state index contributed by atoms with van der Waals surface area (Å²) >= 11 is 0. The summed E-state index contributed by atoms with van der Waals surface area (Å²) < 4.78 is 25.3. The molecule has 2 aromatic rings. The highest BCUT2D eigenvalue weighted by molar-refractivity contribution is 7.89. The van der Waals surface area contributed by atoms with Gasteiger partial charge in [-0.3, -0.25) is 14.2 Å². The maximum absolute atomic E-state index is 11.7. The minimum absolute atomic E-state index is 0.0480. The molecule has 0 aliphatic rings. The molecule has 0 spiro atoms. The number of aromatic nitrogens is 4. The van der Waals surface area contributed by atoms with Crippen molar-refractivity contribution < 1.29 is 13.2 Å². The minimum Gasteiger partial charge on any atom is -0.306 e. The number of nitrogens with two attached hydrogens (primary N) is 1. The third-order valence-corrected chi connectivity index (χ3v) is 3.14. The quantitative estimate of drug-likeness (QED) is 0.737. The molecule has 0 aromatic carbocycles. The highest BCUT2D eigenvalue weighted by atomic mass is 32.2. The van der Waals surface area contributed by atoms with Gasteiger partial charge in [0.1, 0.15) is 11.4 Å². The predicted octanol–water partition coefficient (Wildman–Crippen LogP) is -1.10. The van der Waals surface area contributed by atoms with Crippen LogP contribution in [0.15, 0.2) is 29.6 Å². The molecule has 0 unspecified atom stereocenters. The van der Waals surface area contributed by atoms with Gasteiger partial charge in [-0.25, -0.2) is 13.6 Å². The number of amides is 1. The van der Waals surface area contributed by atoms with Crippen LogP contribution in [0, 0.1) is 0 Å². The second kappa shape index (κ2) is 4.82. The Morgan fingerprint density at radius 2 is 2.26 bits per heavy atom. The third-order valence-electron chi connectivity index (χ3n) is 2.22. The van der Waals surface area contributed by atoms with E-state index in [1.165, 1.54) is 28.8 Å². The molecule has 1 amide bonds. The summed E-state index contributed by atoms with van der Waals surface area (Å²) in [6, 6.07) is 1.67. The Labute approximate surface area is 109 Å². The van der Waals surface area contributed by atoms with Crippen LogP contribution in [-0.4, -0.2) is 33.9 Å². The van der Waals surface area contributed by atoms with E-state index in [4.69, 9.17) is 5.14 Å². The molecule has 102 valence electrons. The maximum atomic E-state index is 11.7. The molecule has 0 radical (unpaired) electrons. The number of carbonyl (C=O) groups is 1. The average Bonchev–Trinajstić information content (AvgIpc) is 2.87. The summed E-state index contributed by atoms with van der Waals surface area (Å²) in [5, 5.41) is 15.1. The van der Waals surface area contributed by atoms with Gasteiger partial charge in [-0.1, -0.05) is 0 Å². The van der Waals surface area contributed by atoms with Crippen molar-refractivity contribution in [3.8, 4) is 0 Å². The lowest BCUT2D eigenvalue weighted by molar-refractivity contribution is -0.116. The molecule has 3 N–H and O–H groups in total. The zero-order valence-corrected chi connectivity index (χ0v) is 10.8. The molecule has 0 atom stereocenters. The first kappa shape index (κ1) is 13.2. The lowest BCUT2D eigenvalue weighted by Gasteiger charge is -2.03. The zero-order chi connectivity index (χ0) is 14.0. The fourth-order valence-corrected chi connectivity index (χ4v) is 2.14. The van der Waals surface area contributed by atoms with Crippen molar-refractivity contribution in [1.82, 2.24) is 19.6 Å². The van der Waals surface area contributed by atoms with Crippen LogP contribution in [0.3, 0.4) is 0 Å².